The Balaban J connectivity index is 1.93. The molecule has 4 nitrogen and oxygen atoms in total. The highest BCUT2D eigenvalue weighted by atomic mass is 16.2. The van der Waals surface area contributed by atoms with Gasteiger partial charge in [0.25, 0.3) is 0 Å². The molecule has 3 rings (SSSR count). The van der Waals surface area contributed by atoms with E-state index in [2.05, 4.69) is 43.1 Å². The van der Waals surface area contributed by atoms with Crippen LogP contribution in [0.3, 0.4) is 0 Å². The molecule has 0 spiro atoms. The largest absolute Gasteiger partial charge is 0.342 e. The average molecular weight is 351 g/mol. The maximum Gasteiger partial charge on any atom is 0.225 e. The molecule has 0 N–H and O–H groups in total. The molecule has 138 valence electrons. The summed E-state index contributed by atoms with van der Waals surface area (Å²) in [6.45, 7) is 9.77. The van der Waals surface area contributed by atoms with Crippen LogP contribution in [-0.4, -0.2) is 33.9 Å². The van der Waals surface area contributed by atoms with Crippen molar-refractivity contribution in [1.29, 1.82) is 0 Å². The van der Waals surface area contributed by atoms with Crippen molar-refractivity contribution in [2.24, 2.45) is 5.92 Å². The maximum atomic E-state index is 12.7. The number of nitrogens with zero attached hydrogens (tertiary/aromatic N) is 3. The summed E-state index contributed by atoms with van der Waals surface area (Å²) >= 11 is 0. The quantitative estimate of drug-likeness (QED) is 0.814. The SMILES string of the molecule is CC[C@@H](C)C(=O)N1CCC[C@@H](c2nc(C)ncc2-c2cccc(C)c2)C1. The minimum absolute atomic E-state index is 0.0946. The van der Waals surface area contributed by atoms with Crippen molar-refractivity contribution in [2.75, 3.05) is 13.1 Å². The molecule has 1 aliphatic heterocycles. The highest BCUT2D eigenvalue weighted by Crippen LogP contribution is 2.33. The molecule has 0 unspecified atom stereocenters. The molecule has 1 aromatic carbocycles. The molecule has 1 fully saturated rings. The van der Waals surface area contributed by atoms with Crippen LogP contribution in [0, 0.1) is 19.8 Å². The van der Waals surface area contributed by atoms with E-state index in [-0.39, 0.29) is 17.7 Å². The van der Waals surface area contributed by atoms with Crippen molar-refractivity contribution in [3.63, 3.8) is 0 Å². The van der Waals surface area contributed by atoms with Gasteiger partial charge in [0.2, 0.25) is 5.91 Å². The van der Waals surface area contributed by atoms with Gasteiger partial charge in [-0.2, -0.15) is 0 Å². The third-order valence-electron chi connectivity index (χ3n) is 5.42. The molecular weight excluding hydrogens is 322 g/mol. The number of likely N-dealkylation sites (tertiary alicyclic amines) is 1. The van der Waals surface area contributed by atoms with Crippen molar-refractivity contribution in [2.45, 2.75) is 52.9 Å². The number of aromatic nitrogens is 2. The van der Waals surface area contributed by atoms with Gasteiger partial charge in [0.1, 0.15) is 5.82 Å². The van der Waals surface area contributed by atoms with E-state index in [0.29, 0.717) is 0 Å². The first-order valence-corrected chi connectivity index (χ1v) is 9.69. The Morgan fingerprint density at radius 2 is 2.15 bits per heavy atom. The van der Waals surface area contributed by atoms with E-state index in [1.54, 1.807) is 0 Å². The van der Waals surface area contributed by atoms with E-state index >= 15 is 0 Å². The number of benzene rings is 1. The lowest BCUT2D eigenvalue weighted by Gasteiger charge is -2.34. The second-order valence-corrected chi connectivity index (χ2v) is 7.52. The Morgan fingerprint density at radius 3 is 2.88 bits per heavy atom. The van der Waals surface area contributed by atoms with Crippen LogP contribution in [0.2, 0.25) is 0 Å². The third kappa shape index (κ3) is 3.95. The maximum absolute atomic E-state index is 12.7. The zero-order valence-electron chi connectivity index (χ0n) is 16.3. The third-order valence-corrected chi connectivity index (χ3v) is 5.42. The number of aryl methyl sites for hydroxylation is 2. The molecule has 0 bridgehead atoms. The minimum Gasteiger partial charge on any atom is -0.342 e. The highest BCUT2D eigenvalue weighted by molar-refractivity contribution is 5.78. The molecule has 0 radical (unpaired) electrons. The summed E-state index contributed by atoms with van der Waals surface area (Å²) in [5, 5.41) is 0. The predicted octanol–water partition coefficient (Wildman–Crippen LogP) is 4.51. The van der Waals surface area contributed by atoms with E-state index in [9.17, 15) is 4.79 Å². The fourth-order valence-electron chi connectivity index (χ4n) is 3.72. The van der Waals surface area contributed by atoms with Crippen LogP contribution in [0.25, 0.3) is 11.1 Å². The van der Waals surface area contributed by atoms with Gasteiger partial charge in [-0.25, -0.2) is 9.97 Å². The van der Waals surface area contributed by atoms with Crippen LogP contribution in [0.4, 0.5) is 0 Å². The first-order valence-electron chi connectivity index (χ1n) is 9.69. The number of carbonyl (C=O) groups is 1. The van der Waals surface area contributed by atoms with Gasteiger partial charge in [0, 0.05) is 36.7 Å². The van der Waals surface area contributed by atoms with E-state index in [1.807, 2.05) is 24.9 Å². The summed E-state index contributed by atoms with van der Waals surface area (Å²) < 4.78 is 0. The zero-order valence-corrected chi connectivity index (χ0v) is 16.3. The fourth-order valence-corrected chi connectivity index (χ4v) is 3.72. The van der Waals surface area contributed by atoms with E-state index in [0.717, 1.165) is 55.0 Å². The van der Waals surface area contributed by atoms with Gasteiger partial charge < -0.3 is 4.90 Å². The topological polar surface area (TPSA) is 46.1 Å². The first kappa shape index (κ1) is 18.6. The number of hydrogen-bond donors (Lipinski definition) is 0. The van der Waals surface area contributed by atoms with Crippen molar-refractivity contribution >= 4 is 5.91 Å². The van der Waals surface area contributed by atoms with Gasteiger partial charge in [-0.05, 0) is 38.7 Å². The van der Waals surface area contributed by atoms with E-state index in [1.165, 1.54) is 5.56 Å². The Hall–Kier alpha value is -2.23. The van der Waals surface area contributed by atoms with Crippen molar-refractivity contribution in [3.05, 3.63) is 47.5 Å². The van der Waals surface area contributed by atoms with Crippen molar-refractivity contribution in [3.8, 4) is 11.1 Å². The molecule has 2 heterocycles. The number of hydrogen-bond acceptors (Lipinski definition) is 3. The lowest BCUT2D eigenvalue weighted by Crippen LogP contribution is -2.42. The Bertz CT molecular complexity index is 787. The van der Waals surface area contributed by atoms with Crippen LogP contribution in [-0.2, 0) is 4.79 Å². The molecule has 2 atom stereocenters. The molecule has 1 amide bonds. The van der Waals surface area contributed by atoms with E-state index < -0.39 is 0 Å². The zero-order chi connectivity index (χ0) is 18.7. The second kappa shape index (κ2) is 7.98. The predicted molar refractivity (Wildman–Crippen MR) is 105 cm³/mol. The normalized spacial score (nSPS) is 18.6. The molecule has 1 aromatic heterocycles. The molecule has 2 aromatic rings. The van der Waals surface area contributed by atoms with Crippen LogP contribution in [0.15, 0.2) is 30.5 Å². The van der Waals surface area contributed by atoms with Gasteiger partial charge in [-0.3, -0.25) is 4.79 Å². The lowest BCUT2D eigenvalue weighted by molar-refractivity contribution is -0.136. The molecular formula is C22H29N3O. The van der Waals surface area contributed by atoms with Crippen LogP contribution >= 0.6 is 0 Å². The van der Waals surface area contributed by atoms with Gasteiger partial charge in [0.05, 0.1) is 5.69 Å². The molecule has 1 saturated heterocycles. The Labute approximate surface area is 156 Å². The lowest BCUT2D eigenvalue weighted by atomic mass is 9.89. The fraction of sp³-hybridized carbons (Fsp3) is 0.500. The number of carbonyl (C=O) groups excluding carboxylic acids is 1. The summed E-state index contributed by atoms with van der Waals surface area (Å²) in [5.74, 6) is 1.44. The number of piperidine rings is 1. The smallest absolute Gasteiger partial charge is 0.225 e. The standard InChI is InChI=1S/C22H29N3O/c1-5-16(3)22(26)25-11-7-10-19(14-25)21-20(13-23-17(4)24-21)18-9-6-8-15(2)12-18/h6,8-9,12-13,16,19H,5,7,10-11,14H2,1-4H3/t16-,19-/m1/s1. The van der Waals surface area contributed by atoms with Crippen LogP contribution in [0.1, 0.15) is 56.1 Å². The van der Waals surface area contributed by atoms with Gasteiger partial charge in [0.15, 0.2) is 0 Å². The Kier molecular flexibility index (Phi) is 5.70. The molecule has 26 heavy (non-hydrogen) atoms. The molecule has 0 saturated carbocycles. The van der Waals surface area contributed by atoms with Crippen LogP contribution < -0.4 is 0 Å². The summed E-state index contributed by atoms with van der Waals surface area (Å²) in [5.41, 5.74) is 4.57. The summed E-state index contributed by atoms with van der Waals surface area (Å²) in [6.07, 6.45) is 4.94. The monoisotopic (exact) mass is 351 g/mol. The van der Waals surface area contributed by atoms with Crippen molar-refractivity contribution in [1.82, 2.24) is 14.9 Å². The first-order chi connectivity index (χ1) is 12.5. The van der Waals surface area contributed by atoms with E-state index in [4.69, 9.17) is 4.98 Å². The average Bonchev–Trinajstić information content (AvgIpc) is 2.66. The van der Waals surface area contributed by atoms with Crippen LogP contribution in [0.5, 0.6) is 0 Å². The van der Waals surface area contributed by atoms with Crippen molar-refractivity contribution < 1.29 is 4.79 Å². The Morgan fingerprint density at radius 1 is 1.35 bits per heavy atom. The van der Waals surface area contributed by atoms with Gasteiger partial charge in [-0.1, -0.05) is 43.7 Å². The number of amides is 1. The highest BCUT2D eigenvalue weighted by Gasteiger charge is 2.29. The minimum atomic E-state index is 0.0946. The summed E-state index contributed by atoms with van der Waals surface area (Å²) in [4.78, 5) is 24.0. The van der Waals surface area contributed by atoms with Gasteiger partial charge >= 0.3 is 0 Å². The number of rotatable bonds is 4. The van der Waals surface area contributed by atoms with Gasteiger partial charge in [-0.15, -0.1) is 0 Å². The summed E-state index contributed by atoms with van der Waals surface area (Å²) in [7, 11) is 0. The molecule has 4 heteroatoms. The molecule has 1 aliphatic rings. The second-order valence-electron chi connectivity index (χ2n) is 7.52. The summed E-state index contributed by atoms with van der Waals surface area (Å²) in [6, 6.07) is 8.48. The molecule has 0 aliphatic carbocycles.